The number of likely N-dealkylation sites (N-methyl/N-ethyl adjacent to an activating group) is 1. The summed E-state index contributed by atoms with van der Waals surface area (Å²) in [6.45, 7) is 10.8. The van der Waals surface area contributed by atoms with Gasteiger partial charge in [-0.15, -0.1) is 0 Å². The first-order valence-corrected chi connectivity index (χ1v) is 9.72. The van der Waals surface area contributed by atoms with E-state index >= 15 is 0 Å². The second-order valence-electron chi connectivity index (χ2n) is 7.04. The molecule has 0 aromatic heterocycles. The second-order valence-corrected chi connectivity index (χ2v) is 7.04. The third-order valence-electron chi connectivity index (χ3n) is 4.45. The lowest BCUT2D eigenvalue weighted by molar-refractivity contribution is -0.123. The number of rotatable bonds is 9. The molecule has 27 heavy (non-hydrogen) atoms. The molecule has 0 radical (unpaired) electrons. The van der Waals surface area contributed by atoms with Gasteiger partial charge in [0.2, 0.25) is 11.8 Å². The third kappa shape index (κ3) is 7.56. The fourth-order valence-corrected chi connectivity index (χ4v) is 2.98. The Morgan fingerprint density at radius 3 is 2.41 bits per heavy atom. The van der Waals surface area contributed by atoms with E-state index in [1.165, 1.54) is 0 Å². The molecule has 150 valence electrons. The van der Waals surface area contributed by atoms with E-state index in [1.54, 1.807) is 0 Å². The summed E-state index contributed by atoms with van der Waals surface area (Å²) in [6, 6.07) is 8.03. The van der Waals surface area contributed by atoms with Crippen LogP contribution in [0.4, 0.5) is 11.4 Å². The van der Waals surface area contributed by atoms with Crippen LogP contribution in [0.5, 0.6) is 0 Å². The van der Waals surface area contributed by atoms with Gasteiger partial charge in [0, 0.05) is 43.5 Å². The van der Waals surface area contributed by atoms with E-state index in [0.29, 0.717) is 19.5 Å². The van der Waals surface area contributed by atoms with Gasteiger partial charge in [0.1, 0.15) is 0 Å². The largest absolute Gasteiger partial charge is 0.378 e. The van der Waals surface area contributed by atoms with E-state index in [4.69, 9.17) is 4.74 Å². The van der Waals surface area contributed by atoms with Crippen LogP contribution in [0, 0.1) is 0 Å². The van der Waals surface area contributed by atoms with Gasteiger partial charge in [-0.05, 0) is 44.7 Å². The van der Waals surface area contributed by atoms with Crippen molar-refractivity contribution >= 4 is 23.2 Å². The number of amides is 2. The van der Waals surface area contributed by atoms with Crippen molar-refractivity contribution in [3.63, 3.8) is 0 Å². The van der Waals surface area contributed by atoms with Gasteiger partial charge in [0.05, 0.1) is 19.8 Å². The predicted molar refractivity (Wildman–Crippen MR) is 108 cm³/mol. The van der Waals surface area contributed by atoms with Crippen LogP contribution < -0.4 is 15.5 Å². The fourth-order valence-electron chi connectivity index (χ4n) is 2.98. The Morgan fingerprint density at radius 2 is 1.81 bits per heavy atom. The zero-order valence-electron chi connectivity index (χ0n) is 16.7. The minimum atomic E-state index is -0.0446. The van der Waals surface area contributed by atoms with Crippen LogP contribution in [0.3, 0.4) is 0 Å². The molecular weight excluding hydrogens is 344 g/mol. The highest BCUT2D eigenvalue weighted by atomic mass is 16.5. The SMILES string of the molecule is CCN(CCC(=O)Nc1ccc(N2CCOCC2)cc1)CC(=O)NC(C)C. The maximum atomic E-state index is 12.2. The number of hydrogen-bond donors (Lipinski definition) is 2. The van der Waals surface area contributed by atoms with Crippen molar-refractivity contribution in [3.05, 3.63) is 24.3 Å². The minimum absolute atomic E-state index is 0.00837. The quantitative estimate of drug-likeness (QED) is 0.686. The van der Waals surface area contributed by atoms with Gasteiger partial charge in [0.25, 0.3) is 0 Å². The Morgan fingerprint density at radius 1 is 1.15 bits per heavy atom. The first-order valence-electron chi connectivity index (χ1n) is 9.72. The van der Waals surface area contributed by atoms with E-state index in [2.05, 4.69) is 15.5 Å². The second kappa shape index (κ2) is 10.9. The lowest BCUT2D eigenvalue weighted by atomic mass is 10.2. The molecule has 1 aliphatic heterocycles. The van der Waals surface area contributed by atoms with Crippen molar-refractivity contribution < 1.29 is 14.3 Å². The number of benzene rings is 1. The van der Waals surface area contributed by atoms with E-state index in [0.717, 1.165) is 44.2 Å². The highest BCUT2D eigenvalue weighted by Gasteiger charge is 2.13. The van der Waals surface area contributed by atoms with Crippen LogP contribution in [-0.4, -0.2) is 68.7 Å². The molecule has 7 heteroatoms. The Bertz CT molecular complexity index is 598. The van der Waals surface area contributed by atoms with Gasteiger partial charge >= 0.3 is 0 Å². The van der Waals surface area contributed by atoms with Crippen molar-refractivity contribution in [1.29, 1.82) is 0 Å². The van der Waals surface area contributed by atoms with Crippen LogP contribution in [0.25, 0.3) is 0 Å². The molecule has 0 unspecified atom stereocenters. The molecule has 0 spiro atoms. The average Bonchev–Trinajstić information content (AvgIpc) is 2.66. The van der Waals surface area contributed by atoms with Crippen molar-refractivity contribution in [2.75, 3.05) is 56.2 Å². The summed E-state index contributed by atoms with van der Waals surface area (Å²) in [7, 11) is 0. The molecule has 0 saturated carbocycles. The summed E-state index contributed by atoms with van der Waals surface area (Å²) < 4.78 is 5.37. The van der Waals surface area contributed by atoms with Gasteiger partial charge in [-0.2, -0.15) is 0 Å². The minimum Gasteiger partial charge on any atom is -0.378 e. The van der Waals surface area contributed by atoms with Gasteiger partial charge in [-0.25, -0.2) is 0 Å². The van der Waals surface area contributed by atoms with Crippen molar-refractivity contribution in [1.82, 2.24) is 10.2 Å². The zero-order valence-corrected chi connectivity index (χ0v) is 16.7. The standard InChI is InChI=1S/C20H32N4O3/c1-4-23(15-20(26)21-16(2)3)10-9-19(25)22-17-5-7-18(8-6-17)24-11-13-27-14-12-24/h5-8,16H,4,9-15H2,1-3H3,(H,21,26)(H,22,25). The monoisotopic (exact) mass is 376 g/mol. The van der Waals surface area contributed by atoms with E-state index in [-0.39, 0.29) is 17.9 Å². The molecule has 1 saturated heterocycles. The van der Waals surface area contributed by atoms with E-state index in [1.807, 2.05) is 49.9 Å². The number of nitrogens with zero attached hydrogens (tertiary/aromatic N) is 2. The molecule has 1 aromatic rings. The lowest BCUT2D eigenvalue weighted by Gasteiger charge is -2.28. The van der Waals surface area contributed by atoms with Crippen LogP contribution >= 0.6 is 0 Å². The molecule has 2 rings (SSSR count). The number of carbonyl (C=O) groups is 2. The lowest BCUT2D eigenvalue weighted by Crippen LogP contribution is -2.41. The zero-order chi connectivity index (χ0) is 19.6. The van der Waals surface area contributed by atoms with Gasteiger partial charge in [-0.3, -0.25) is 14.5 Å². The van der Waals surface area contributed by atoms with Crippen molar-refractivity contribution in [2.24, 2.45) is 0 Å². The van der Waals surface area contributed by atoms with Crippen molar-refractivity contribution in [3.8, 4) is 0 Å². The Balaban J connectivity index is 1.76. The Labute approximate surface area is 162 Å². The first kappa shape index (κ1) is 21.2. The topological polar surface area (TPSA) is 73.9 Å². The van der Waals surface area contributed by atoms with Crippen LogP contribution in [-0.2, 0) is 14.3 Å². The number of carbonyl (C=O) groups excluding carboxylic acids is 2. The molecule has 2 N–H and O–H groups in total. The molecule has 1 fully saturated rings. The van der Waals surface area contributed by atoms with Crippen LogP contribution in [0.2, 0.25) is 0 Å². The molecule has 7 nitrogen and oxygen atoms in total. The summed E-state index contributed by atoms with van der Waals surface area (Å²) in [5.41, 5.74) is 1.93. The third-order valence-corrected chi connectivity index (χ3v) is 4.45. The van der Waals surface area contributed by atoms with E-state index < -0.39 is 0 Å². The summed E-state index contributed by atoms with van der Waals surface area (Å²) in [4.78, 5) is 28.3. The number of morpholine rings is 1. The van der Waals surface area contributed by atoms with Crippen LogP contribution in [0.15, 0.2) is 24.3 Å². The number of anilines is 2. The number of nitrogens with one attached hydrogen (secondary N) is 2. The fraction of sp³-hybridized carbons (Fsp3) is 0.600. The van der Waals surface area contributed by atoms with Gasteiger partial charge in [-0.1, -0.05) is 6.92 Å². The molecule has 0 bridgehead atoms. The van der Waals surface area contributed by atoms with E-state index in [9.17, 15) is 9.59 Å². The molecule has 2 amide bonds. The summed E-state index contributed by atoms with van der Waals surface area (Å²) in [5.74, 6) is -0.0530. The average molecular weight is 377 g/mol. The Hall–Kier alpha value is -2.12. The first-order chi connectivity index (χ1) is 13.0. The Kier molecular flexibility index (Phi) is 8.54. The maximum Gasteiger partial charge on any atom is 0.234 e. The maximum absolute atomic E-state index is 12.2. The van der Waals surface area contributed by atoms with Crippen LogP contribution in [0.1, 0.15) is 27.2 Å². The molecular formula is C20H32N4O3. The summed E-state index contributed by atoms with van der Waals surface area (Å²) in [5, 5.41) is 5.80. The van der Waals surface area contributed by atoms with Crippen molar-refractivity contribution in [2.45, 2.75) is 33.2 Å². The number of ether oxygens (including phenoxy) is 1. The predicted octanol–water partition coefficient (Wildman–Crippen LogP) is 1.70. The molecule has 1 aliphatic rings. The smallest absolute Gasteiger partial charge is 0.234 e. The molecule has 1 aromatic carbocycles. The van der Waals surface area contributed by atoms with Gasteiger partial charge < -0.3 is 20.3 Å². The number of hydrogen-bond acceptors (Lipinski definition) is 5. The molecule has 1 heterocycles. The highest BCUT2D eigenvalue weighted by Crippen LogP contribution is 2.19. The summed E-state index contributed by atoms with van der Waals surface area (Å²) in [6.07, 6.45) is 0.355. The normalized spacial score (nSPS) is 14.5. The molecule has 0 aliphatic carbocycles. The summed E-state index contributed by atoms with van der Waals surface area (Å²) >= 11 is 0. The van der Waals surface area contributed by atoms with Gasteiger partial charge in [0.15, 0.2) is 0 Å². The molecule has 0 atom stereocenters. The highest BCUT2D eigenvalue weighted by molar-refractivity contribution is 5.91.